The van der Waals surface area contributed by atoms with Crippen molar-refractivity contribution < 1.29 is 0 Å². The number of unbranched alkanes of at least 4 members (excludes halogenated alkanes) is 8. The summed E-state index contributed by atoms with van der Waals surface area (Å²) in [6, 6.07) is 12.0. The van der Waals surface area contributed by atoms with E-state index < -0.39 is 0 Å². The Kier molecular flexibility index (Phi) is 13.1. The maximum atomic E-state index is 2.58. The highest BCUT2D eigenvalue weighted by molar-refractivity contribution is 7.26. The van der Waals surface area contributed by atoms with E-state index in [1.807, 2.05) is 22.7 Å². The molecule has 0 aromatic carbocycles. The lowest BCUT2D eigenvalue weighted by molar-refractivity contribution is 0.403. The zero-order valence-corrected chi connectivity index (χ0v) is 27.9. The predicted octanol–water partition coefficient (Wildman–Crippen LogP) is 13.5. The first kappa shape index (κ1) is 31.6. The van der Waals surface area contributed by atoms with Crippen LogP contribution < -0.4 is 0 Å². The second-order valence-electron chi connectivity index (χ2n) is 12.7. The molecule has 3 rings (SSSR count). The van der Waals surface area contributed by atoms with E-state index in [1.54, 1.807) is 15.3 Å². The first-order valence-electron chi connectivity index (χ1n) is 15.6. The van der Waals surface area contributed by atoms with Gasteiger partial charge in [-0.3, -0.25) is 0 Å². The zero-order chi connectivity index (χ0) is 27.5. The first-order valence-corrected chi connectivity index (χ1v) is 18.0. The monoisotopic (exact) mass is 570 g/mol. The Balaban J connectivity index is 1.78. The van der Waals surface area contributed by atoms with Gasteiger partial charge in [-0.2, -0.15) is 0 Å². The third-order valence-electron chi connectivity index (χ3n) is 7.76. The number of hydrogen-bond acceptors (Lipinski definition) is 3. The van der Waals surface area contributed by atoms with Crippen molar-refractivity contribution in [3.05, 3.63) is 45.6 Å². The molecule has 3 heterocycles. The van der Waals surface area contributed by atoms with Gasteiger partial charge in [-0.05, 0) is 59.6 Å². The summed E-state index contributed by atoms with van der Waals surface area (Å²) in [5.74, 6) is 1.43. The van der Waals surface area contributed by atoms with Crippen LogP contribution in [0, 0.1) is 5.92 Å². The van der Waals surface area contributed by atoms with Crippen molar-refractivity contribution in [3.8, 4) is 19.5 Å². The summed E-state index contributed by atoms with van der Waals surface area (Å²) in [5.41, 5.74) is 1.85. The lowest BCUT2D eigenvalue weighted by Gasteiger charge is -2.17. The smallest absolute Gasteiger partial charge is 0.0477 e. The fraction of sp³-hybridized carbons (Fsp3) is 0.657. The van der Waals surface area contributed by atoms with E-state index in [-0.39, 0.29) is 5.41 Å². The molecule has 1 unspecified atom stereocenters. The van der Waals surface area contributed by atoms with Gasteiger partial charge in [0.2, 0.25) is 0 Å². The van der Waals surface area contributed by atoms with Crippen LogP contribution in [-0.4, -0.2) is 0 Å². The molecule has 0 nitrogen and oxygen atoms in total. The van der Waals surface area contributed by atoms with Gasteiger partial charge >= 0.3 is 0 Å². The second-order valence-corrected chi connectivity index (χ2v) is 16.0. The van der Waals surface area contributed by atoms with E-state index >= 15 is 0 Å². The van der Waals surface area contributed by atoms with Gasteiger partial charge in [0.25, 0.3) is 0 Å². The molecule has 3 aromatic rings. The van der Waals surface area contributed by atoms with Gasteiger partial charge < -0.3 is 0 Å². The van der Waals surface area contributed by atoms with Crippen molar-refractivity contribution in [3.63, 3.8) is 0 Å². The largest absolute Gasteiger partial charge is 0.139 e. The molecule has 0 saturated carbocycles. The molecule has 0 radical (unpaired) electrons. The van der Waals surface area contributed by atoms with Crippen LogP contribution in [0.2, 0.25) is 0 Å². The first-order chi connectivity index (χ1) is 18.2. The topological polar surface area (TPSA) is 0 Å². The average molecular weight is 571 g/mol. The molecule has 0 aliphatic rings. The Morgan fingerprint density at radius 2 is 1.21 bits per heavy atom. The van der Waals surface area contributed by atoms with Crippen LogP contribution in [0.3, 0.4) is 0 Å². The predicted molar refractivity (Wildman–Crippen MR) is 178 cm³/mol. The molecule has 3 heteroatoms. The highest BCUT2D eigenvalue weighted by Crippen LogP contribution is 2.45. The minimum absolute atomic E-state index is 0.220. The number of rotatable bonds is 17. The molecule has 0 N–H and O–H groups in total. The lowest BCUT2D eigenvalue weighted by Crippen LogP contribution is -2.07. The molecule has 0 spiro atoms. The van der Waals surface area contributed by atoms with Gasteiger partial charge in [-0.1, -0.05) is 126 Å². The molecule has 212 valence electrons. The van der Waals surface area contributed by atoms with Gasteiger partial charge in [-0.15, -0.1) is 34.0 Å². The third-order valence-corrected chi connectivity index (χ3v) is 12.2. The summed E-state index contributed by atoms with van der Waals surface area (Å²) in [4.78, 5) is 8.91. The Bertz CT molecular complexity index is 1060. The molecular formula is C35H54S3. The molecule has 1 atom stereocenters. The third kappa shape index (κ3) is 9.63. The zero-order valence-electron chi connectivity index (χ0n) is 25.5. The number of thiophene rings is 3. The fourth-order valence-electron chi connectivity index (χ4n) is 5.29. The minimum Gasteiger partial charge on any atom is -0.139 e. The highest BCUT2D eigenvalue weighted by Gasteiger charge is 2.21. The van der Waals surface area contributed by atoms with Crippen LogP contribution in [0.15, 0.2) is 30.3 Å². The molecular weight excluding hydrogens is 517 g/mol. The second kappa shape index (κ2) is 15.8. The Labute approximate surface area is 247 Å². The normalized spacial score (nSPS) is 13.1. The van der Waals surface area contributed by atoms with Crippen molar-refractivity contribution >= 4 is 34.0 Å². The Morgan fingerprint density at radius 3 is 1.82 bits per heavy atom. The van der Waals surface area contributed by atoms with Crippen molar-refractivity contribution in [2.24, 2.45) is 5.92 Å². The Morgan fingerprint density at radius 1 is 0.658 bits per heavy atom. The molecule has 0 saturated heterocycles. The van der Waals surface area contributed by atoms with Gasteiger partial charge in [0.1, 0.15) is 0 Å². The molecule has 38 heavy (non-hydrogen) atoms. The van der Waals surface area contributed by atoms with Gasteiger partial charge in [-0.25, -0.2) is 0 Å². The van der Waals surface area contributed by atoms with E-state index in [1.165, 1.54) is 103 Å². The van der Waals surface area contributed by atoms with E-state index in [4.69, 9.17) is 0 Å². The quantitative estimate of drug-likeness (QED) is 0.142. The van der Waals surface area contributed by atoms with Crippen LogP contribution in [0.4, 0.5) is 0 Å². The highest BCUT2D eigenvalue weighted by atomic mass is 32.1. The molecule has 0 aliphatic heterocycles. The summed E-state index contributed by atoms with van der Waals surface area (Å²) in [5, 5.41) is 0. The van der Waals surface area contributed by atoms with Crippen LogP contribution in [0.1, 0.15) is 147 Å². The van der Waals surface area contributed by atoms with Crippen LogP contribution in [-0.2, 0) is 11.8 Å². The molecule has 0 amide bonds. The number of hydrogen-bond donors (Lipinski definition) is 0. The van der Waals surface area contributed by atoms with Gasteiger partial charge in [0.05, 0.1) is 0 Å². The fourth-order valence-corrected chi connectivity index (χ4v) is 8.79. The lowest BCUT2D eigenvalue weighted by atomic mass is 9.88. The average Bonchev–Trinajstić information content (AvgIpc) is 3.62. The summed E-state index contributed by atoms with van der Waals surface area (Å²) in [6.07, 6.45) is 18.0. The van der Waals surface area contributed by atoms with Gasteiger partial charge in [0, 0.05) is 29.3 Å². The van der Waals surface area contributed by atoms with E-state index in [2.05, 4.69) is 90.1 Å². The van der Waals surface area contributed by atoms with Crippen LogP contribution in [0.5, 0.6) is 0 Å². The SMILES string of the molecule is CCCCCCCCC(CCCCCC)Cc1cc(C(C)C)sc1-c1ccc(-c2ccc(C(C)(C)C)s2)s1. The van der Waals surface area contributed by atoms with Gasteiger partial charge in [0.15, 0.2) is 0 Å². The summed E-state index contributed by atoms with van der Waals surface area (Å²) in [7, 11) is 0. The maximum Gasteiger partial charge on any atom is 0.0477 e. The maximum absolute atomic E-state index is 2.58. The van der Waals surface area contributed by atoms with E-state index in [9.17, 15) is 0 Å². The standard InChI is InChI=1S/C35H54S3/c1-8-10-12-14-15-17-19-27(18-16-13-11-9-2)24-28-25-32(26(3)4)38-34(28)31-21-20-29(36-31)30-22-23-33(37-30)35(5,6)7/h20-23,25-27H,8-19,24H2,1-7H3. The van der Waals surface area contributed by atoms with Crippen LogP contribution in [0.25, 0.3) is 19.5 Å². The molecule has 0 fully saturated rings. The van der Waals surface area contributed by atoms with Crippen molar-refractivity contribution in [1.82, 2.24) is 0 Å². The Hall–Kier alpha value is -0.900. The summed E-state index contributed by atoms with van der Waals surface area (Å²) < 4.78 is 0. The molecule has 0 aliphatic carbocycles. The summed E-state index contributed by atoms with van der Waals surface area (Å²) >= 11 is 6.04. The summed E-state index contributed by atoms with van der Waals surface area (Å²) in [6.45, 7) is 16.3. The molecule has 0 bridgehead atoms. The van der Waals surface area contributed by atoms with Crippen molar-refractivity contribution in [2.45, 2.75) is 143 Å². The van der Waals surface area contributed by atoms with E-state index in [0.29, 0.717) is 5.92 Å². The van der Waals surface area contributed by atoms with Crippen molar-refractivity contribution in [1.29, 1.82) is 0 Å². The van der Waals surface area contributed by atoms with Crippen molar-refractivity contribution in [2.75, 3.05) is 0 Å². The van der Waals surface area contributed by atoms with E-state index in [0.717, 1.165) is 5.92 Å². The van der Waals surface area contributed by atoms with Crippen LogP contribution >= 0.6 is 34.0 Å². The minimum atomic E-state index is 0.220. The molecule has 3 aromatic heterocycles.